The number of esters is 1. The maximum absolute atomic E-state index is 12.6. The molecule has 1 amide bonds. The van der Waals surface area contributed by atoms with Gasteiger partial charge in [0.25, 0.3) is 5.91 Å². The van der Waals surface area contributed by atoms with E-state index in [4.69, 9.17) is 16.3 Å². The zero-order valence-corrected chi connectivity index (χ0v) is 17.2. The Morgan fingerprint density at radius 2 is 2.04 bits per heavy atom. The number of aryl methyl sites for hydroxylation is 1. The third kappa shape index (κ3) is 4.43. The molecule has 2 aromatic carbocycles. The lowest BCUT2D eigenvalue weighted by atomic mass is 10.2. The van der Waals surface area contributed by atoms with E-state index in [9.17, 15) is 9.59 Å². The fourth-order valence-electron chi connectivity index (χ4n) is 2.57. The second-order valence-electron chi connectivity index (χ2n) is 5.63. The molecule has 0 saturated heterocycles. The van der Waals surface area contributed by atoms with Gasteiger partial charge in [0.1, 0.15) is 0 Å². The van der Waals surface area contributed by atoms with E-state index in [0.29, 0.717) is 27.5 Å². The highest BCUT2D eigenvalue weighted by atomic mass is 35.5. The molecule has 140 valence electrons. The van der Waals surface area contributed by atoms with Crippen molar-refractivity contribution < 1.29 is 14.3 Å². The van der Waals surface area contributed by atoms with Crippen LogP contribution in [0, 0.1) is 0 Å². The number of amides is 1. The van der Waals surface area contributed by atoms with Gasteiger partial charge in [-0.3, -0.25) is 4.79 Å². The van der Waals surface area contributed by atoms with Crippen LogP contribution in [0.3, 0.4) is 0 Å². The van der Waals surface area contributed by atoms with Crippen LogP contribution in [0.25, 0.3) is 10.2 Å². The van der Waals surface area contributed by atoms with Crippen LogP contribution in [0.15, 0.2) is 47.5 Å². The van der Waals surface area contributed by atoms with E-state index in [-0.39, 0.29) is 5.91 Å². The molecule has 3 rings (SSSR count). The molecule has 0 unspecified atom stereocenters. The molecule has 1 heterocycles. The van der Waals surface area contributed by atoms with Crippen LogP contribution >= 0.6 is 34.7 Å². The monoisotopic (exact) mass is 420 g/mol. The summed E-state index contributed by atoms with van der Waals surface area (Å²) in [6.07, 6.45) is 2.03. The van der Waals surface area contributed by atoms with E-state index < -0.39 is 5.97 Å². The van der Waals surface area contributed by atoms with Crippen molar-refractivity contribution in [3.63, 3.8) is 0 Å². The van der Waals surface area contributed by atoms with Gasteiger partial charge in [0.05, 0.1) is 22.9 Å². The first-order valence-electron chi connectivity index (χ1n) is 8.08. The van der Waals surface area contributed by atoms with E-state index in [1.165, 1.54) is 18.4 Å². The van der Waals surface area contributed by atoms with Crippen LogP contribution in [0.1, 0.15) is 20.7 Å². The number of carbonyl (C=O) groups is 2. The first kappa shape index (κ1) is 19.7. The molecule has 0 bridgehead atoms. The summed E-state index contributed by atoms with van der Waals surface area (Å²) in [6.45, 7) is 0.709. The molecule has 27 heavy (non-hydrogen) atoms. The molecule has 0 atom stereocenters. The van der Waals surface area contributed by atoms with Crippen molar-refractivity contribution in [1.82, 2.24) is 4.57 Å². The lowest BCUT2D eigenvalue weighted by molar-refractivity contribution is 0.0601. The summed E-state index contributed by atoms with van der Waals surface area (Å²) in [7, 11) is 1.35. The van der Waals surface area contributed by atoms with Crippen LogP contribution in [0.2, 0.25) is 5.02 Å². The maximum atomic E-state index is 12.6. The van der Waals surface area contributed by atoms with Gasteiger partial charge in [-0.25, -0.2) is 4.79 Å². The van der Waals surface area contributed by atoms with Gasteiger partial charge in [-0.05, 0) is 42.7 Å². The molecule has 0 aliphatic rings. The average Bonchev–Trinajstić information content (AvgIpc) is 3.01. The molecule has 8 heteroatoms. The van der Waals surface area contributed by atoms with Gasteiger partial charge in [-0.1, -0.05) is 29.0 Å². The van der Waals surface area contributed by atoms with E-state index in [2.05, 4.69) is 4.99 Å². The normalized spacial score (nSPS) is 11.7. The number of benzene rings is 2. The fourth-order valence-corrected chi connectivity index (χ4v) is 4.22. The Morgan fingerprint density at radius 3 is 2.74 bits per heavy atom. The number of thioether (sulfide) groups is 1. The number of thiazole rings is 1. The summed E-state index contributed by atoms with van der Waals surface area (Å²) >= 11 is 9.05. The van der Waals surface area contributed by atoms with E-state index in [1.807, 2.05) is 16.9 Å². The Hall–Kier alpha value is -2.09. The van der Waals surface area contributed by atoms with Gasteiger partial charge in [-0.2, -0.15) is 16.8 Å². The number of aromatic nitrogens is 1. The zero-order valence-electron chi connectivity index (χ0n) is 14.8. The SMILES string of the molecule is COC(=O)c1ccc2c(c1)sc(=NC(=O)c1cccc(Cl)c1)n2CCSC. The minimum atomic E-state index is -0.394. The minimum Gasteiger partial charge on any atom is -0.465 e. The van der Waals surface area contributed by atoms with E-state index in [1.54, 1.807) is 48.2 Å². The molecule has 0 saturated carbocycles. The van der Waals surface area contributed by atoms with Crippen LogP contribution in [0.5, 0.6) is 0 Å². The van der Waals surface area contributed by atoms with Gasteiger partial charge in [0.15, 0.2) is 4.80 Å². The summed E-state index contributed by atoms with van der Waals surface area (Å²) in [6, 6.07) is 12.1. The fraction of sp³-hybridized carbons (Fsp3) is 0.211. The second-order valence-corrected chi connectivity index (χ2v) is 8.06. The molecule has 5 nitrogen and oxygen atoms in total. The number of ether oxygens (including phenoxy) is 1. The average molecular weight is 421 g/mol. The summed E-state index contributed by atoms with van der Waals surface area (Å²) in [5, 5.41) is 0.491. The second kappa shape index (κ2) is 8.73. The van der Waals surface area contributed by atoms with E-state index in [0.717, 1.165) is 16.0 Å². The Balaban J connectivity index is 2.11. The predicted octanol–water partition coefficient (Wildman–Crippen LogP) is 4.25. The maximum Gasteiger partial charge on any atom is 0.337 e. The summed E-state index contributed by atoms with van der Waals surface area (Å²) in [4.78, 5) is 29.3. The van der Waals surface area contributed by atoms with Crippen LogP contribution < -0.4 is 4.80 Å². The first-order chi connectivity index (χ1) is 13.0. The lowest BCUT2D eigenvalue weighted by Gasteiger charge is -2.04. The number of methoxy groups -OCH3 is 1. The minimum absolute atomic E-state index is 0.352. The van der Waals surface area contributed by atoms with Gasteiger partial charge in [-0.15, -0.1) is 0 Å². The lowest BCUT2D eigenvalue weighted by Crippen LogP contribution is -2.18. The highest BCUT2D eigenvalue weighted by molar-refractivity contribution is 7.98. The van der Waals surface area contributed by atoms with Gasteiger partial charge >= 0.3 is 5.97 Å². The highest BCUT2D eigenvalue weighted by Gasteiger charge is 2.12. The number of nitrogens with zero attached hydrogens (tertiary/aromatic N) is 2. The van der Waals surface area contributed by atoms with Gasteiger partial charge in [0, 0.05) is 22.9 Å². The van der Waals surface area contributed by atoms with Gasteiger partial charge in [0.2, 0.25) is 0 Å². The molecule has 1 aromatic heterocycles. The Kier molecular flexibility index (Phi) is 6.36. The van der Waals surface area contributed by atoms with Crippen molar-refractivity contribution in [3.8, 4) is 0 Å². The number of fused-ring (bicyclic) bond motifs is 1. The predicted molar refractivity (Wildman–Crippen MR) is 111 cm³/mol. The molecule has 0 fully saturated rings. The quantitative estimate of drug-likeness (QED) is 0.579. The first-order valence-corrected chi connectivity index (χ1v) is 10.7. The summed E-state index contributed by atoms with van der Waals surface area (Å²) in [5.74, 6) is 0.132. The molecule has 0 radical (unpaired) electrons. The smallest absolute Gasteiger partial charge is 0.337 e. The molecular weight excluding hydrogens is 404 g/mol. The van der Waals surface area contributed by atoms with Crippen molar-refractivity contribution >= 4 is 56.8 Å². The third-order valence-corrected chi connectivity index (χ3v) is 5.76. The van der Waals surface area contributed by atoms with Crippen LogP contribution in [0.4, 0.5) is 0 Å². The summed E-state index contributed by atoms with van der Waals surface area (Å²) in [5.41, 5.74) is 1.84. The topological polar surface area (TPSA) is 60.7 Å². The van der Waals surface area contributed by atoms with Crippen molar-refractivity contribution in [2.24, 2.45) is 4.99 Å². The molecule has 0 aliphatic heterocycles. The Bertz CT molecular complexity index is 1070. The number of hydrogen-bond acceptors (Lipinski definition) is 5. The highest BCUT2D eigenvalue weighted by Crippen LogP contribution is 2.20. The van der Waals surface area contributed by atoms with E-state index >= 15 is 0 Å². The number of carbonyl (C=O) groups excluding carboxylic acids is 2. The molecule has 0 spiro atoms. The van der Waals surface area contributed by atoms with Crippen molar-refractivity contribution in [2.45, 2.75) is 6.54 Å². The summed E-state index contributed by atoms with van der Waals surface area (Å²) < 4.78 is 7.66. The van der Waals surface area contributed by atoms with Crippen LogP contribution in [-0.4, -0.2) is 35.6 Å². The van der Waals surface area contributed by atoms with Gasteiger partial charge < -0.3 is 9.30 Å². The zero-order chi connectivity index (χ0) is 19.4. The third-order valence-electron chi connectivity index (χ3n) is 3.89. The number of rotatable bonds is 5. The molecule has 0 N–H and O–H groups in total. The Morgan fingerprint density at radius 1 is 1.22 bits per heavy atom. The molecule has 3 aromatic rings. The standard InChI is InChI=1S/C19H17ClN2O3S2/c1-25-18(24)13-6-7-15-16(11-13)27-19(22(15)8-9-26-2)21-17(23)12-4-3-5-14(20)10-12/h3-7,10-11H,8-9H2,1-2H3. The number of halogens is 1. The van der Waals surface area contributed by atoms with Crippen LogP contribution in [-0.2, 0) is 11.3 Å². The van der Waals surface area contributed by atoms with Crippen molar-refractivity contribution in [2.75, 3.05) is 19.1 Å². The largest absolute Gasteiger partial charge is 0.465 e. The molecular formula is C19H17ClN2O3S2. The number of hydrogen-bond donors (Lipinski definition) is 0. The Labute approximate surface area is 169 Å². The van der Waals surface area contributed by atoms with Crippen molar-refractivity contribution in [3.05, 3.63) is 63.4 Å². The van der Waals surface area contributed by atoms with Crippen molar-refractivity contribution in [1.29, 1.82) is 0 Å². The molecule has 0 aliphatic carbocycles.